The molecule has 10 nitrogen and oxygen atoms in total. The summed E-state index contributed by atoms with van der Waals surface area (Å²) in [5, 5.41) is 49.2. The number of hydrogen-bond donors (Lipinski definition) is 5. The Morgan fingerprint density at radius 2 is 1.89 bits per heavy atom. The third-order valence-corrected chi connectivity index (χ3v) is 6.12. The first-order chi connectivity index (χ1) is 13.3. The van der Waals surface area contributed by atoms with Crippen molar-refractivity contribution in [3.63, 3.8) is 0 Å². The molecular weight excluding hydrogens is 376 g/mol. The van der Waals surface area contributed by atoms with Crippen LogP contribution in [0.3, 0.4) is 0 Å². The fourth-order valence-electron chi connectivity index (χ4n) is 4.47. The fraction of sp³-hybridized carbons (Fsp3) is 0.833. The molecule has 10 unspecified atom stereocenters. The van der Waals surface area contributed by atoms with E-state index in [1.807, 2.05) is 6.92 Å². The van der Waals surface area contributed by atoms with Gasteiger partial charge in [-0.15, -0.1) is 0 Å². The zero-order valence-corrected chi connectivity index (χ0v) is 15.7. The highest BCUT2D eigenvalue weighted by atomic mass is 17.2. The molecule has 1 saturated heterocycles. The van der Waals surface area contributed by atoms with Crippen molar-refractivity contribution in [3.05, 3.63) is 11.6 Å². The number of hydrogen-bond acceptors (Lipinski definition) is 10. The van der Waals surface area contributed by atoms with Crippen LogP contribution in [0.5, 0.6) is 0 Å². The average Bonchev–Trinajstić information content (AvgIpc) is 3.00. The first-order valence-electron chi connectivity index (χ1n) is 9.39. The summed E-state index contributed by atoms with van der Waals surface area (Å²) in [5.74, 6) is -1.08. The first-order valence-corrected chi connectivity index (χ1v) is 9.39. The van der Waals surface area contributed by atoms with Crippen LogP contribution in [0.25, 0.3) is 0 Å². The Balaban J connectivity index is 1.70. The number of esters is 1. The SMILES string of the molecule is COC(=O)C1=CCC(OOC2OC(CO)C(O)C(O)C2O)C2C1CC(O)C2C. The van der Waals surface area contributed by atoms with E-state index in [0.29, 0.717) is 18.4 Å². The summed E-state index contributed by atoms with van der Waals surface area (Å²) in [6.07, 6.45) is -5.90. The van der Waals surface area contributed by atoms with Gasteiger partial charge in [0, 0.05) is 11.5 Å². The van der Waals surface area contributed by atoms with Crippen LogP contribution >= 0.6 is 0 Å². The van der Waals surface area contributed by atoms with E-state index in [1.165, 1.54) is 7.11 Å². The molecule has 1 heterocycles. The number of carbonyl (C=O) groups is 1. The molecule has 28 heavy (non-hydrogen) atoms. The third-order valence-electron chi connectivity index (χ3n) is 6.12. The number of ether oxygens (including phenoxy) is 2. The van der Waals surface area contributed by atoms with Crippen molar-refractivity contribution in [2.24, 2.45) is 17.8 Å². The van der Waals surface area contributed by atoms with Crippen molar-refractivity contribution >= 4 is 5.97 Å². The summed E-state index contributed by atoms with van der Waals surface area (Å²) in [4.78, 5) is 22.8. The molecular formula is C18H28O10. The number of fused-ring (bicyclic) bond motifs is 1. The second-order valence-electron chi connectivity index (χ2n) is 7.66. The van der Waals surface area contributed by atoms with Crippen molar-refractivity contribution in [2.75, 3.05) is 13.7 Å². The Labute approximate surface area is 162 Å². The van der Waals surface area contributed by atoms with E-state index in [2.05, 4.69) is 0 Å². The minimum Gasteiger partial charge on any atom is -0.466 e. The number of aliphatic hydroxyl groups excluding tert-OH is 5. The van der Waals surface area contributed by atoms with E-state index in [4.69, 9.17) is 19.2 Å². The molecule has 10 atom stereocenters. The van der Waals surface area contributed by atoms with Crippen molar-refractivity contribution in [2.45, 2.75) is 62.7 Å². The lowest BCUT2D eigenvalue weighted by atomic mass is 9.76. The molecule has 5 N–H and O–H groups in total. The Kier molecular flexibility index (Phi) is 6.72. The van der Waals surface area contributed by atoms with Gasteiger partial charge in [0.05, 0.1) is 19.8 Å². The highest BCUT2D eigenvalue weighted by molar-refractivity contribution is 5.89. The molecule has 1 aliphatic heterocycles. The molecule has 0 bridgehead atoms. The summed E-state index contributed by atoms with van der Waals surface area (Å²) in [6.45, 7) is 1.28. The van der Waals surface area contributed by atoms with Crippen molar-refractivity contribution in [1.82, 2.24) is 0 Å². The predicted molar refractivity (Wildman–Crippen MR) is 91.2 cm³/mol. The number of aliphatic hydroxyl groups is 5. The van der Waals surface area contributed by atoms with Gasteiger partial charge in [-0.05, 0) is 24.7 Å². The van der Waals surface area contributed by atoms with E-state index in [1.54, 1.807) is 6.08 Å². The maximum absolute atomic E-state index is 12.0. The van der Waals surface area contributed by atoms with Crippen LogP contribution in [0.15, 0.2) is 11.6 Å². The zero-order chi connectivity index (χ0) is 20.6. The van der Waals surface area contributed by atoms with Crippen molar-refractivity contribution in [3.8, 4) is 0 Å². The van der Waals surface area contributed by atoms with Crippen LogP contribution in [0, 0.1) is 17.8 Å². The van der Waals surface area contributed by atoms with E-state index in [9.17, 15) is 30.3 Å². The van der Waals surface area contributed by atoms with Gasteiger partial charge in [0.15, 0.2) is 0 Å². The maximum Gasteiger partial charge on any atom is 0.333 e. The van der Waals surface area contributed by atoms with Gasteiger partial charge in [0.25, 0.3) is 0 Å². The standard InChI is InChI=1S/C18H28O10/c1-7-10(20)5-9-8(17(24)25-2)3-4-11(13(7)9)27-28-18-16(23)15(22)14(21)12(6-19)26-18/h3,7,9-16,18-23H,4-6H2,1-2H3. The number of methoxy groups -OCH3 is 1. The van der Waals surface area contributed by atoms with Gasteiger partial charge in [0.1, 0.15) is 30.5 Å². The largest absolute Gasteiger partial charge is 0.466 e. The Hall–Kier alpha value is -1.11. The lowest BCUT2D eigenvalue weighted by Crippen LogP contribution is -2.59. The van der Waals surface area contributed by atoms with E-state index in [0.717, 1.165) is 0 Å². The molecule has 2 aliphatic carbocycles. The third kappa shape index (κ3) is 3.83. The molecule has 0 aromatic rings. The molecule has 0 amide bonds. The van der Waals surface area contributed by atoms with Crippen LogP contribution in [0.2, 0.25) is 0 Å². The topological polar surface area (TPSA) is 155 Å². The molecule has 0 spiro atoms. The second kappa shape index (κ2) is 8.72. The zero-order valence-electron chi connectivity index (χ0n) is 15.7. The summed E-state index contributed by atoms with van der Waals surface area (Å²) in [6, 6.07) is 0. The molecule has 10 heteroatoms. The van der Waals surface area contributed by atoms with Crippen LogP contribution in [0.1, 0.15) is 19.8 Å². The molecule has 2 fully saturated rings. The fourth-order valence-corrected chi connectivity index (χ4v) is 4.47. The smallest absolute Gasteiger partial charge is 0.333 e. The quantitative estimate of drug-likeness (QED) is 0.202. The van der Waals surface area contributed by atoms with Gasteiger partial charge in [-0.1, -0.05) is 13.0 Å². The van der Waals surface area contributed by atoms with Gasteiger partial charge in [-0.25, -0.2) is 14.6 Å². The van der Waals surface area contributed by atoms with E-state index in [-0.39, 0.29) is 17.8 Å². The van der Waals surface area contributed by atoms with Crippen LogP contribution < -0.4 is 0 Å². The number of carbonyl (C=O) groups excluding carboxylic acids is 1. The monoisotopic (exact) mass is 404 g/mol. The highest BCUT2D eigenvalue weighted by Crippen LogP contribution is 2.48. The first kappa shape index (κ1) is 21.6. The molecule has 0 radical (unpaired) electrons. The summed E-state index contributed by atoms with van der Waals surface area (Å²) >= 11 is 0. The van der Waals surface area contributed by atoms with Gasteiger partial charge >= 0.3 is 5.97 Å². The van der Waals surface area contributed by atoms with Crippen LogP contribution in [0.4, 0.5) is 0 Å². The Bertz CT molecular complexity index is 593. The highest BCUT2D eigenvalue weighted by Gasteiger charge is 2.51. The molecule has 3 aliphatic rings. The van der Waals surface area contributed by atoms with Crippen LogP contribution in [-0.2, 0) is 24.0 Å². The summed E-state index contributed by atoms with van der Waals surface area (Å²) in [7, 11) is 1.30. The van der Waals surface area contributed by atoms with Gasteiger partial charge in [0.2, 0.25) is 6.29 Å². The van der Waals surface area contributed by atoms with E-state index >= 15 is 0 Å². The second-order valence-corrected chi connectivity index (χ2v) is 7.66. The molecule has 160 valence electrons. The molecule has 3 rings (SSSR count). The van der Waals surface area contributed by atoms with Crippen molar-refractivity contribution in [1.29, 1.82) is 0 Å². The van der Waals surface area contributed by atoms with Crippen molar-refractivity contribution < 1.29 is 49.6 Å². The number of rotatable bonds is 5. The predicted octanol–water partition coefficient (Wildman–Crippen LogP) is -1.76. The normalized spacial score (nSPS) is 46.0. The van der Waals surface area contributed by atoms with Gasteiger partial charge in [-0.2, -0.15) is 0 Å². The average molecular weight is 404 g/mol. The molecule has 0 aromatic heterocycles. The maximum atomic E-state index is 12.0. The molecule has 0 aromatic carbocycles. The van der Waals surface area contributed by atoms with Gasteiger partial charge < -0.3 is 35.0 Å². The summed E-state index contributed by atoms with van der Waals surface area (Å²) < 4.78 is 10.1. The minimum atomic E-state index is -1.58. The van der Waals surface area contributed by atoms with E-state index < -0.39 is 55.5 Å². The van der Waals surface area contributed by atoms with Gasteiger partial charge in [-0.3, -0.25) is 0 Å². The Morgan fingerprint density at radius 1 is 1.18 bits per heavy atom. The lowest BCUT2D eigenvalue weighted by Gasteiger charge is -2.40. The Morgan fingerprint density at radius 3 is 2.54 bits per heavy atom. The molecule has 1 saturated carbocycles. The lowest BCUT2D eigenvalue weighted by molar-refractivity contribution is -0.445. The minimum absolute atomic E-state index is 0.165. The van der Waals surface area contributed by atoms with Crippen LogP contribution in [-0.4, -0.2) is 88.1 Å². The summed E-state index contributed by atoms with van der Waals surface area (Å²) in [5.41, 5.74) is 0.503.